The van der Waals surface area contributed by atoms with Gasteiger partial charge in [-0.25, -0.2) is 4.39 Å². The Morgan fingerprint density at radius 1 is 1.22 bits per heavy atom. The topological polar surface area (TPSA) is 135 Å². The smallest absolute Gasteiger partial charge is 0.255 e. The predicted octanol–water partition coefficient (Wildman–Crippen LogP) is 1.05. The van der Waals surface area contributed by atoms with Crippen LogP contribution in [0.3, 0.4) is 0 Å². The number of carbonyl (C=O) groups is 2. The molecule has 2 aliphatic rings. The minimum atomic E-state index is -1.87. The molecule has 1 aromatic carbocycles. The van der Waals surface area contributed by atoms with Crippen molar-refractivity contribution >= 4 is 17.5 Å². The van der Waals surface area contributed by atoms with Crippen LogP contribution >= 0.6 is 0 Å². The molecule has 0 radical (unpaired) electrons. The number of hydrogen-bond donors (Lipinski definition) is 3. The van der Waals surface area contributed by atoms with Gasteiger partial charge in [0.2, 0.25) is 0 Å². The lowest BCUT2D eigenvalue weighted by atomic mass is 9.95. The third-order valence-corrected chi connectivity index (χ3v) is 6.58. The van der Waals surface area contributed by atoms with Gasteiger partial charge in [0.1, 0.15) is 11.9 Å². The van der Waals surface area contributed by atoms with Crippen LogP contribution in [0.4, 0.5) is 10.1 Å². The number of halogens is 1. The molecular weight excluding hydrogens is 467 g/mol. The van der Waals surface area contributed by atoms with Crippen molar-refractivity contribution in [2.45, 2.75) is 52.0 Å². The Labute approximate surface area is 209 Å². The number of anilines is 1. The molecule has 0 unspecified atom stereocenters. The molecule has 10 nitrogen and oxygen atoms in total. The minimum Gasteiger partial charge on any atom is -0.380 e. The summed E-state index contributed by atoms with van der Waals surface area (Å²) in [5, 5.41) is 36.5. The van der Waals surface area contributed by atoms with E-state index in [0.717, 1.165) is 24.1 Å². The van der Waals surface area contributed by atoms with Crippen LogP contribution in [-0.2, 0) is 29.7 Å². The number of aryl methyl sites for hydroxylation is 1. The summed E-state index contributed by atoms with van der Waals surface area (Å²) in [6.45, 7) is 6.09. The van der Waals surface area contributed by atoms with E-state index in [1.54, 1.807) is 24.0 Å². The molecule has 2 atom stereocenters. The number of aliphatic hydroxyl groups is 2. The maximum Gasteiger partial charge on any atom is 0.255 e. The molecule has 194 valence electrons. The van der Waals surface area contributed by atoms with Crippen molar-refractivity contribution in [2.75, 3.05) is 24.5 Å². The average Bonchev–Trinajstić information content (AvgIpc) is 3.49. The molecule has 0 bridgehead atoms. The van der Waals surface area contributed by atoms with Crippen LogP contribution in [0.1, 0.15) is 43.5 Å². The van der Waals surface area contributed by atoms with Gasteiger partial charge in [0.15, 0.2) is 12.2 Å². The molecule has 2 aromatic rings. The maximum atomic E-state index is 13.4. The molecule has 0 saturated carbocycles. The summed E-state index contributed by atoms with van der Waals surface area (Å²) in [5.41, 5.74) is 2.69. The molecule has 2 amide bonds. The number of piperidine rings is 1. The van der Waals surface area contributed by atoms with Gasteiger partial charge in [0, 0.05) is 38.8 Å². The summed E-state index contributed by atoms with van der Waals surface area (Å²) in [7, 11) is 1.76. The van der Waals surface area contributed by atoms with E-state index in [0.29, 0.717) is 25.3 Å². The van der Waals surface area contributed by atoms with Crippen LogP contribution in [0, 0.1) is 23.1 Å². The predicted molar refractivity (Wildman–Crippen MR) is 130 cm³/mol. The number of rotatable bonds is 6. The average molecular weight is 501 g/mol. The number of benzene rings is 1. The van der Waals surface area contributed by atoms with Gasteiger partial charge in [-0.1, -0.05) is 13.8 Å². The van der Waals surface area contributed by atoms with Gasteiger partial charge in [-0.15, -0.1) is 0 Å². The highest BCUT2D eigenvalue weighted by atomic mass is 19.1. The number of nitrogens with zero attached hydrogens (tertiary/aromatic N) is 5. The van der Waals surface area contributed by atoms with E-state index in [1.807, 2.05) is 24.8 Å². The van der Waals surface area contributed by atoms with E-state index in [2.05, 4.69) is 10.4 Å². The number of nitriles is 1. The van der Waals surface area contributed by atoms with Crippen molar-refractivity contribution in [3.8, 4) is 6.07 Å². The Morgan fingerprint density at radius 3 is 2.56 bits per heavy atom. The standard InChI is InChI=1S/C23H27FN6O4.C2H6/c1-28-19-13-30(12-16(19)11-27-28)23(34)21(32)20(31)22(33)26-10-14-4-6-29(7-5-14)18-3-2-17(24)8-15(18)9-25;1-2/h2-3,8,11,14,20-21,31-32H,4-7,10,12-13H2,1H3,(H,26,33);1-2H3/t20-,21-;/m1./s1. The zero-order valence-electron chi connectivity index (χ0n) is 20.8. The highest BCUT2D eigenvalue weighted by molar-refractivity contribution is 5.90. The number of fused-ring (bicyclic) bond motifs is 1. The molecular formula is C25H33FN6O4. The van der Waals surface area contributed by atoms with Gasteiger partial charge in [-0.2, -0.15) is 10.4 Å². The largest absolute Gasteiger partial charge is 0.380 e. The SMILES string of the molecule is CC.Cn1ncc2c1CN(C(=O)[C@H](O)[C@@H](O)C(=O)NCC1CCN(c3ccc(F)cc3C#N)CC1)C2. The Hall–Kier alpha value is -3.49. The third kappa shape index (κ3) is 5.83. The van der Waals surface area contributed by atoms with E-state index in [4.69, 9.17) is 0 Å². The number of nitrogens with one attached hydrogen (secondary N) is 1. The maximum absolute atomic E-state index is 13.4. The summed E-state index contributed by atoms with van der Waals surface area (Å²) < 4.78 is 15.0. The zero-order valence-corrected chi connectivity index (χ0v) is 20.8. The van der Waals surface area contributed by atoms with E-state index in [9.17, 15) is 29.5 Å². The van der Waals surface area contributed by atoms with Crippen molar-refractivity contribution in [1.82, 2.24) is 20.0 Å². The minimum absolute atomic E-state index is 0.131. The second kappa shape index (κ2) is 12.0. The molecule has 4 rings (SSSR count). The van der Waals surface area contributed by atoms with Crippen LogP contribution in [-0.4, -0.2) is 68.6 Å². The summed E-state index contributed by atoms with van der Waals surface area (Å²) in [5.74, 6) is -1.83. The number of aliphatic hydroxyl groups excluding tert-OH is 2. The molecule has 36 heavy (non-hydrogen) atoms. The first-order valence-electron chi connectivity index (χ1n) is 12.2. The lowest BCUT2D eigenvalue weighted by Gasteiger charge is -2.34. The Morgan fingerprint density at radius 2 is 1.92 bits per heavy atom. The Kier molecular flexibility index (Phi) is 9.01. The molecule has 3 N–H and O–H groups in total. The van der Waals surface area contributed by atoms with Gasteiger partial charge >= 0.3 is 0 Å². The van der Waals surface area contributed by atoms with E-state index in [1.165, 1.54) is 17.0 Å². The van der Waals surface area contributed by atoms with E-state index < -0.39 is 29.8 Å². The monoisotopic (exact) mass is 500 g/mol. The van der Waals surface area contributed by atoms with Crippen molar-refractivity contribution in [1.29, 1.82) is 5.26 Å². The lowest BCUT2D eigenvalue weighted by Crippen LogP contribution is -2.50. The first-order valence-corrected chi connectivity index (χ1v) is 12.2. The first kappa shape index (κ1) is 27.1. The fraction of sp³-hybridized carbons (Fsp3) is 0.520. The summed E-state index contributed by atoms with van der Waals surface area (Å²) in [4.78, 5) is 28.3. The number of carbonyl (C=O) groups excluding carboxylic acids is 2. The summed E-state index contributed by atoms with van der Waals surface area (Å²) in [6, 6.07) is 6.16. The van der Waals surface area contributed by atoms with Crippen molar-refractivity contribution in [3.63, 3.8) is 0 Å². The fourth-order valence-electron chi connectivity index (χ4n) is 4.51. The van der Waals surface area contributed by atoms with Crippen LogP contribution in [0.5, 0.6) is 0 Å². The van der Waals surface area contributed by atoms with Gasteiger partial charge < -0.3 is 25.3 Å². The Balaban J connectivity index is 0.00000176. The first-order chi connectivity index (χ1) is 17.3. The van der Waals surface area contributed by atoms with Crippen molar-refractivity contribution < 1.29 is 24.2 Å². The molecule has 1 fully saturated rings. The van der Waals surface area contributed by atoms with E-state index >= 15 is 0 Å². The lowest BCUT2D eigenvalue weighted by molar-refractivity contribution is -0.153. The fourth-order valence-corrected chi connectivity index (χ4v) is 4.51. The molecule has 1 aromatic heterocycles. The number of hydrogen-bond acceptors (Lipinski definition) is 7. The molecule has 11 heteroatoms. The van der Waals surface area contributed by atoms with Crippen LogP contribution < -0.4 is 10.2 Å². The molecule has 1 saturated heterocycles. The van der Waals surface area contributed by atoms with Gasteiger partial charge in [0.05, 0.1) is 29.7 Å². The van der Waals surface area contributed by atoms with Gasteiger partial charge in [-0.3, -0.25) is 14.3 Å². The molecule has 0 aliphatic carbocycles. The Bertz CT molecular complexity index is 1120. The molecule has 0 spiro atoms. The van der Waals surface area contributed by atoms with Gasteiger partial charge in [0.25, 0.3) is 11.8 Å². The highest BCUT2D eigenvalue weighted by Crippen LogP contribution is 2.27. The second-order valence-electron chi connectivity index (χ2n) is 8.77. The number of amides is 2. The van der Waals surface area contributed by atoms with E-state index in [-0.39, 0.29) is 24.6 Å². The van der Waals surface area contributed by atoms with Crippen molar-refractivity contribution in [2.24, 2.45) is 13.0 Å². The molecule has 2 aliphatic heterocycles. The van der Waals surface area contributed by atoms with Crippen molar-refractivity contribution in [3.05, 3.63) is 47.0 Å². The second-order valence-corrected chi connectivity index (χ2v) is 8.77. The number of aromatic nitrogens is 2. The zero-order chi connectivity index (χ0) is 26.4. The van der Waals surface area contributed by atoms with Crippen LogP contribution in [0.15, 0.2) is 24.4 Å². The third-order valence-electron chi connectivity index (χ3n) is 6.58. The van der Waals surface area contributed by atoms with Gasteiger partial charge in [-0.05, 0) is 37.0 Å². The summed E-state index contributed by atoms with van der Waals surface area (Å²) >= 11 is 0. The van der Waals surface area contributed by atoms with Crippen LogP contribution in [0.25, 0.3) is 0 Å². The highest BCUT2D eigenvalue weighted by Gasteiger charge is 2.36. The summed E-state index contributed by atoms with van der Waals surface area (Å²) in [6.07, 6.45) is -0.625. The normalized spacial score (nSPS) is 16.9. The van der Waals surface area contributed by atoms with Crippen LogP contribution in [0.2, 0.25) is 0 Å². The quantitative estimate of drug-likeness (QED) is 0.540. The molecule has 3 heterocycles.